The number of nitrogens with zero attached hydrogens (tertiary/aromatic N) is 1. The SMILES string of the molecule is Cc1ccc(S(=O)(=O)Oc2ccc3ccccc3c2/C=C2\SC(=O)N(Cc3c(Cl)cccc3Cl)C2=O)cc1. The molecule has 1 fully saturated rings. The molecule has 0 saturated carbocycles. The Labute approximate surface area is 233 Å². The molecule has 1 aliphatic rings. The number of imide groups is 1. The van der Waals surface area contributed by atoms with Gasteiger partial charge in [-0.05, 0) is 65.9 Å². The van der Waals surface area contributed by atoms with Crippen LogP contribution in [-0.2, 0) is 21.5 Å². The summed E-state index contributed by atoms with van der Waals surface area (Å²) >= 11 is 13.2. The normalized spacial score (nSPS) is 15.0. The number of benzene rings is 4. The minimum absolute atomic E-state index is 0.000786. The van der Waals surface area contributed by atoms with Crippen molar-refractivity contribution in [2.24, 2.45) is 0 Å². The van der Waals surface area contributed by atoms with E-state index in [0.29, 0.717) is 26.6 Å². The summed E-state index contributed by atoms with van der Waals surface area (Å²) in [4.78, 5) is 27.3. The summed E-state index contributed by atoms with van der Waals surface area (Å²) in [5.41, 5.74) is 1.72. The van der Waals surface area contributed by atoms with Crippen LogP contribution in [0.4, 0.5) is 4.79 Å². The third kappa shape index (κ3) is 5.17. The maximum atomic E-state index is 13.3. The van der Waals surface area contributed by atoms with E-state index in [4.69, 9.17) is 27.4 Å². The summed E-state index contributed by atoms with van der Waals surface area (Å²) in [7, 11) is -4.17. The smallest absolute Gasteiger partial charge is 0.339 e. The van der Waals surface area contributed by atoms with Crippen LogP contribution in [0.3, 0.4) is 0 Å². The van der Waals surface area contributed by atoms with E-state index >= 15 is 0 Å². The van der Waals surface area contributed by atoms with Crippen molar-refractivity contribution < 1.29 is 22.2 Å². The van der Waals surface area contributed by atoms with Gasteiger partial charge in [-0.3, -0.25) is 14.5 Å². The van der Waals surface area contributed by atoms with Gasteiger partial charge in [0.1, 0.15) is 4.90 Å². The molecule has 0 radical (unpaired) electrons. The Bertz CT molecular complexity index is 1710. The second-order valence-corrected chi connectivity index (χ2v) is 11.9. The molecule has 0 aromatic heterocycles. The summed E-state index contributed by atoms with van der Waals surface area (Å²) in [6.07, 6.45) is 1.49. The standard InChI is InChI=1S/C28H19Cl2NO5S2/c1-17-9-12-19(13-10-17)38(34,35)36-25-14-11-18-5-2-3-6-20(18)21(25)15-26-27(32)31(28(33)37-26)16-22-23(29)7-4-8-24(22)30/h2-15H,16H2,1H3/b26-15-. The molecule has 6 nitrogen and oxygen atoms in total. The van der Waals surface area contributed by atoms with Crippen molar-refractivity contribution in [3.8, 4) is 5.75 Å². The molecule has 0 unspecified atom stereocenters. The Morgan fingerprint density at radius 3 is 2.29 bits per heavy atom. The lowest BCUT2D eigenvalue weighted by Gasteiger charge is -2.15. The lowest BCUT2D eigenvalue weighted by atomic mass is 10.0. The first-order chi connectivity index (χ1) is 18.1. The van der Waals surface area contributed by atoms with Gasteiger partial charge in [-0.15, -0.1) is 0 Å². The molecular weight excluding hydrogens is 565 g/mol. The van der Waals surface area contributed by atoms with E-state index in [9.17, 15) is 18.0 Å². The molecule has 192 valence electrons. The number of carbonyl (C=O) groups excluding carboxylic acids is 2. The van der Waals surface area contributed by atoms with Crippen LogP contribution in [0.25, 0.3) is 16.8 Å². The van der Waals surface area contributed by atoms with Gasteiger partial charge >= 0.3 is 10.1 Å². The molecule has 0 aliphatic carbocycles. The summed E-state index contributed by atoms with van der Waals surface area (Å²) < 4.78 is 31.7. The number of hydrogen-bond acceptors (Lipinski definition) is 6. The van der Waals surface area contributed by atoms with E-state index < -0.39 is 21.3 Å². The van der Waals surface area contributed by atoms with Gasteiger partial charge in [-0.25, -0.2) is 0 Å². The van der Waals surface area contributed by atoms with Gasteiger partial charge in [0.15, 0.2) is 5.75 Å². The maximum Gasteiger partial charge on any atom is 0.339 e. The quantitative estimate of drug-likeness (QED) is 0.173. The third-order valence-electron chi connectivity index (χ3n) is 5.97. The van der Waals surface area contributed by atoms with Gasteiger partial charge in [-0.1, -0.05) is 77.3 Å². The van der Waals surface area contributed by atoms with Crippen LogP contribution in [0.2, 0.25) is 10.0 Å². The fourth-order valence-electron chi connectivity index (χ4n) is 3.98. The molecule has 5 rings (SSSR count). The zero-order chi connectivity index (χ0) is 27.0. The summed E-state index contributed by atoms with van der Waals surface area (Å²) in [5.74, 6) is -0.513. The van der Waals surface area contributed by atoms with Crippen molar-refractivity contribution in [1.29, 1.82) is 0 Å². The largest absolute Gasteiger partial charge is 0.378 e. The van der Waals surface area contributed by atoms with Crippen molar-refractivity contribution in [3.63, 3.8) is 0 Å². The number of rotatable bonds is 6. The molecule has 0 N–H and O–H groups in total. The Kier molecular flexibility index (Phi) is 7.24. The number of thioether (sulfide) groups is 1. The highest BCUT2D eigenvalue weighted by molar-refractivity contribution is 8.18. The van der Waals surface area contributed by atoms with Crippen LogP contribution < -0.4 is 4.18 Å². The Hall–Kier alpha value is -3.30. The zero-order valence-electron chi connectivity index (χ0n) is 19.9. The highest BCUT2D eigenvalue weighted by Gasteiger charge is 2.36. The third-order valence-corrected chi connectivity index (χ3v) is 8.83. The summed E-state index contributed by atoms with van der Waals surface area (Å²) in [5, 5.41) is 1.65. The van der Waals surface area contributed by atoms with Gasteiger partial charge in [0.05, 0.1) is 11.4 Å². The first-order valence-corrected chi connectivity index (χ1v) is 14.3. The maximum absolute atomic E-state index is 13.3. The average Bonchev–Trinajstić information content (AvgIpc) is 3.15. The first kappa shape index (κ1) is 26.3. The van der Waals surface area contributed by atoms with Crippen LogP contribution in [0.5, 0.6) is 5.75 Å². The molecule has 2 amide bonds. The van der Waals surface area contributed by atoms with E-state index in [1.165, 1.54) is 24.3 Å². The second-order valence-electron chi connectivity index (χ2n) is 8.52. The molecule has 0 bridgehead atoms. The lowest BCUT2D eigenvalue weighted by Crippen LogP contribution is -2.27. The van der Waals surface area contributed by atoms with Crippen molar-refractivity contribution in [3.05, 3.63) is 111 Å². The number of aryl methyl sites for hydroxylation is 1. The summed E-state index contributed by atoms with van der Waals surface area (Å²) in [6, 6.07) is 21.8. The average molecular weight is 585 g/mol. The minimum atomic E-state index is -4.17. The summed E-state index contributed by atoms with van der Waals surface area (Å²) in [6.45, 7) is 1.76. The van der Waals surface area contributed by atoms with Gasteiger partial charge in [0, 0.05) is 21.2 Å². The number of halogens is 2. The van der Waals surface area contributed by atoms with Crippen LogP contribution in [0.1, 0.15) is 16.7 Å². The first-order valence-electron chi connectivity index (χ1n) is 11.4. The van der Waals surface area contributed by atoms with Gasteiger partial charge in [0.2, 0.25) is 0 Å². The molecule has 1 saturated heterocycles. The highest BCUT2D eigenvalue weighted by Crippen LogP contribution is 2.39. The fraction of sp³-hybridized carbons (Fsp3) is 0.0714. The van der Waals surface area contributed by atoms with Crippen molar-refractivity contribution in [1.82, 2.24) is 4.90 Å². The van der Waals surface area contributed by atoms with E-state index in [1.54, 1.807) is 48.5 Å². The molecule has 4 aromatic carbocycles. The Morgan fingerprint density at radius 1 is 0.895 bits per heavy atom. The Balaban J connectivity index is 1.55. The fourth-order valence-corrected chi connectivity index (χ4v) is 6.26. The monoisotopic (exact) mass is 583 g/mol. The van der Waals surface area contributed by atoms with Crippen LogP contribution in [0, 0.1) is 6.92 Å². The molecule has 10 heteroatoms. The van der Waals surface area contributed by atoms with Crippen molar-refractivity contribution in [2.75, 3.05) is 0 Å². The predicted molar refractivity (Wildman–Crippen MR) is 151 cm³/mol. The predicted octanol–water partition coefficient (Wildman–Crippen LogP) is 7.46. The van der Waals surface area contributed by atoms with Crippen molar-refractivity contribution in [2.45, 2.75) is 18.4 Å². The number of carbonyl (C=O) groups is 2. The second kappa shape index (κ2) is 10.5. The topological polar surface area (TPSA) is 80.8 Å². The molecule has 1 heterocycles. The molecule has 4 aromatic rings. The molecule has 0 spiro atoms. The highest BCUT2D eigenvalue weighted by atomic mass is 35.5. The van der Waals surface area contributed by atoms with Gasteiger partial charge in [-0.2, -0.15) is 8.42 Å². The number of amides is 2. The Morgan fingerprint density at radius 2 is 1.58 bits per heavy atom. The minimum Gasteiger partial charge on any atom is -0.378 e. The number of fused-ring (bicyclic) bond motifs is 1. The van der Waals surface area contributed by atoms with E-state index in [2.05, 4.69) is 0 Å². The van der Waals surface area contributed by atoms with Gasteiger partial charge in [0.25, 0.3) is 11.1 Å². The van der Waals surface area contributed by atoms with Crippen LogP contribution in [-0.4, -0.2) is 24.5 Å². The van der Waals surface area contributed by atoms with Crippen molar-refractivity contribution >= 4 is 73.1 Å². The van der Waals surface area contributed by atoms with Crippen LogP contribution in [0.15, 0.2) is 88.7 Å². The molecular formula is C28H19Cl2NO5S2. The van der Waals surface area contributed by atoms with E-state index in [1.807, 2.05) is 19.1 Å². The number of hydrogen-bond donors (Lipinski definition) is 0. The van der Waals surface area contributed by atoms with E-state index in [0.717, 1.165) is 27.6 Å². The zero-order valence-corrected chi connectivity index (χ0v) is 23.0. The lowest BCUT2D eigenvalue weighted by molar-refractivity contribution is -0.123. The van der Waals surface area contributed by atoms with Crippen LogP contribution >= 0.6 is 35.0 Å². The van der Waals surface area contributed by atoms with E-state index in [-0.39, 0.29) is 22.1 Å². The van der Waals surface area contributed by atoms with Gasteiger partial charge < -0.3 is 4.18 Å². The molecule has 1 aliphatic heterocycles. The molecule has 38 heavy (non-hydrogen) atoms. The molecule has 0 atom stereocenters.